The van der Waals surface area contributed by atoms with E-state index < -0.39 is 6.10 Å². The molecule has 0 bridgehead atoms. The summed E-state index contributed by atoms with van der Waals surface area (Å²) >= 11 is 0. The van der Waals surface area contributed by atoms with E-state index in [1.54, 1.807) is 0 Å². The number of ether oxygens (including phenoxy) is 2. The van der Waals surface area contributed by atoms with Gasteiger partial charge in [0.1, 0.15) is 18.5 Å². The number of aliphatic hydroxyl groups excluding tert-OH is 1. The molecule has 0 aromatic heterocycles. The van der Waals surface area contributed by atoms with Crippen LogP contribution in [0.1, 0.15) is 19.4 Å². The number of hydrogen-bond donors (Lipinski definition) is 1. The molecule has 1 atom stereocenters. The van der Waals surface area contributed by atoms with Crippen molar-refractivity contribution < 1.29 is 14.6 Å². The van der Waals surface area contributed by atoms with E-state index in [-0.39, 0.29) is 5.60 Å². The highest BCUT2D eigenvalue weighted by Gasteiger charge is 2.27. The van der Waals surface area contributed by atoms with Crippen LogP contribution in [0.25, 0.3) is 0 Å². The largest absolute Gasteiger partial charge is 0.491 e. The molecule has 0 radical (unpaired) electrons. The van der Waals surface area contributed by atoms with Gasteiger partial charge in [-0.1, -0.05) is 12.1 Å². The highest BCUT2D eigenvalue weighted by atomic mass is 16.5. The van der Waals surface area contributed by atoms with Crippen molar-refractivity contribution in [2.75, 3.05) is 66.1 Å². The summed E-state index contributed by atoms with van der Waals surface area (Å²) in [7, 11) is 2.14. The monoisotopic (exact) mass is 377 g/mol. The molecule has 2 heterocycles. The molecule has 0 saturated carbocycles. The van der Waals surface area contributed by atoms with Gasteiger partial charge >= 0.3 is 0 Å². The maximum atomic E-state index is 10.2. The molecule has 2 aliphatic rings. The molecule has 2 fully saturated rings. The zero-order valence-electron chi connectivity index (χ0n) is 17.1. The van der Waals surface area contributed by atoms with E-state index in [2.05, 4.69) is 47.7 Å². The third kappa shape index (κ3) is 6.73. The topological polar surface area (TPSA) is 48.4 Å². The first-order valence-corrected chi connectivity index (χ1v) is 10.1. The summed E-state index contributed by atoms with van der Waals surface area (Å²) in [5.74, 6) is 0.818. The third-order valence-corrected chi connectivity index (χ3v) is 5.34. The lowest BCUT2D eigenvalue weighted by atomic mass is 10.1. The summed E-state index contributed by atoms with van der Waals surface area (Å²) in [5.41, 5.74) is 1.21. The number of piperazine rings is 1. The highest BCUT2D eigenvalue weighted by Crippen LogP contribution is 2.20. The predicted molar refractivity (Wildman–Crippen MR) is 107 cm³/mol. The second-order valence-corrected chi connectivity index (χ2v) is 8.53. The molecule has 2 saturated heterocycles. The minimum absolute atomic E-state index is 0.0682. The maximum Gasteiger partial charge on any atom is 0.119 e. The van der Waals surface area contributed by atoms with E-state index in [1.807, 2.05) is 12.1 Å². The van der Waals surface area contributed by atoms with Crippen molar-refractivity contribution in [1.29, 1.82) is 0 Å². The number of rotatable bonds is 7. The summed E-state index contributed by atoms with van der Waals surface area (Å²) in [6, 6.07) is 8.24. The summed E-state index contributed by atoms with van der Waals surface area (Å²) in [5, 5.41) is 10.2. The molecular weight excluding hydrogens is 342 g/mol. The summed E-state index contributed by atoms with van der Waals surface area (Å²) in [6.45, 7) is 13.1. The van der Waals surface area contributed by atoms with Crippen molar-refractivity contribution in [2.45, 2.75) is 32.1 Å². The molecule has 2 aliphatic heterocycles. The average molecular weight is 378 g/mol. The molecule has 0 spiro atoms. The number of nitrogens with zero attached hydrogens (tertiary/aromatic N) is 3. The number of β-amino-alcohol motifs (C(OH)–C–C–N with tert-alkyl or cyclic N) is 1. The van der Waals surface area contributed by atoms with E-state index in [0.29, 0.717) is 13.2 Å². The Labute approximate surface area is 163 Å². The molecule has 3 rings (SSSR count). The maximum absolute atomic E-state index is 10.2. The van der Waals surface area contributed by atoms with Crippen molar-refractivity contribution in [3.8, 4) is 5.75 Å². The van der Waals surface area contributed by atoms with E-state index in [9.17, 15) is 5.11 Å². The molecule has 1 N–H and O–H groups in total. The quantitative estimate of drug-likeness (QED) is 0.773. The molecule has 6 heteroatoms. The molecule has 1 unspecified atom stereocenters. The van der Waals surface area contributed by atoms with Crippen LogP contribution in [0.3, 0.4) is 0 Å². The van der Waals surface area contributed by atoms with Gasteiger partial charge in [-0.15, -0.1) is 0 Å². The van der Waals surface area contributed by atoms with Gasteiger partial charge in [-0.3, -0.25) is 9.80 Å². The first-order valence-electron chi connectivity index (χ1n) is 10.1. The Morgan fingerprint density at radius 3 is 2.44 bits per heavy atom. The van der Waals surface area contributed by atoms with Crippen LogP contribution in [0.2, 0.25) is 0 Å². The van der Waals surface area contributed by atoms with Crippen molar-refractivity contribution >= 4 is 0 Å². The van der Waals surface area contributed by atoms with Gasteiger partial charge in [0.2, 0.25) is 0 Å². The van der Waals surface area contributed by atoms with Crippen LogP contribution in [0.5, 0.6) is 5.75 Å². The number of morpholine rings is 1. The van der Waals surface area contributed by atoms with Crippen LogP contribution >= 0.6 is 0 Å². The molecule has 27 heavy (non-hydrogen) atoms. The minimum Gasteiger partial charge on any atom is -0.491 e. The van der Waals surface area contributed by atoms with Crippen LogP contribution in [0, 0.1) is 0 Å². The lowest BCUT2D eigenvalue weighted by Gasteiger charge is -2.38. The van der Waals surface area contributed by atoms with Gasteiger partial charge in [-0.2, -0.15) is 0 Å². The molecule has 1 aromatic carbocycles. The fourth-order valence-electron chi connectivity index (χ4n) is 3.77. The average Bonchev–Trinajstić information content (AvgIpc) is 2.62. The molecule has 6 nitrogen and oxygen atoms in total. The van der Waals surface area contributed by atoms with E-state index in [1.165, 1.54) is 5.56 Å². The Balaban J connectivity index is 1.40. The summed E-state index contributed by atoms with van der Waals surface area (Å²) in [4.78, 5) is 7.05. The second kappa shape index (κ2) is 9.34. The Kier molecular flexibility index (Phi) is 7.11. The Bertz CT molecular complexity index is 571. The summed E-state index contributed by atoms with van der Waals surface area (Å²) < 4.78 is 11.6. The highest BCUT2D eigenvalue weighted by molar-refractivity contribution is 5.27. The van der Waals surface area contributed by atoms with Gasteiger partial charge in [0.25, 0.3) is 0 Å². The fourth-order valence-corrected chi connectivity index (χ4v) is 3.77. The second-order valence-electron chi connectivity index (χ2n) is 8.53. The van der Waals surface area contributed by atoms with Crippen LogP contribution in [-0.4, -0.2) is 97.6 Å². The zero-order chi connectivity index (χ0) is 19.3. The number of aliphatic hydroxyl groups is 1. The molecule has 1 aromatic rings. The normalized spacial score (nSPS) is 23.3. The van der Waals surface area contributed by atoms with Crippen LogP contribution < -0.4 is 4.74 Å². The van der Waals surface area contributed by atoms with Gasteiger partial charge in [-0.05, 0) is 38.6 Å². The van der Waals surface area contributed by atoms with E-state index >= 15 is 0 Å². The Morgan fingerprint density at radius 2 is 1.78 bits per heavy atom. The van der Waals surface area contributed by atoms with Crippen LogP contribution in [0.4, 0.5) is 0 Å². The van der Waals surface area contributed by atoms with E-state index in [4.69, 9.17) is 9.47 Å². The minimum atomic E-state index is -0.455. The van der Waals surface area contributed by atoms with Gasteiger partial charge in [0.15, 0.2) is 0 Å². The SMILES string of the molecule is CN1CCN(CC(O)COc2ccc(CN3CCOC(C)(C)C3)cc2)CC1. The summed E-state index contributed by atoms with van der Waals surface area (Å²) in [6.07, 6.45) is -0.455. The fraction of sp³-hybridized carbons (Fsp3) is 0.714. The predicted octanol–water partition coefficient (Wildman–Crippen LogP) is 1.28. The lowest BCUT2D eigenvalue weighted by molar-refractivity contribution is -0.0882. The number of benzene rings is 1. The van der Waals surface area contributed by atoms with Crippen molar-refractivity contribution in [2.24, 2.45) is 0 Å². The van der Waals surface area contributed by atoms with Gasteiger partial charge < -0.3 is 19.5 Å². The zero-order valence-corrected chi connectivity index (χ0v) is 17.1. The smallest absolute Gasteiger partial charge is 0.119 e. The molecule has 0 amide bonds. The van der Waals surface area contributed by atoms with Gasteiger partial charge in [0, 0.05) is 52.4 Å². The number of hydrogen-bond acceptors (Lipinski definition) is 6. The number of likely N-dealkylation sites (N-methyl/N-ethyl adjacent to an activating group) is 1. The van der Waals surface area contributed by atoms with Gasteiger partial charge in [-0.25, -0.2) is 0 Å². The van der Waals surface area contributed by atoms with E-state index in [0.717, 1.165) is 58.2 Å². The molecule has 0 aliphatic carbocycles. The molecule has 152 valence electrons. The van der Waals surface area contributed by atoms with Crippen molar-refractivity contribution in [1.82, 2.24) is 14.7 Å². The Morgan fingerprint density at radius 1 is 1.07 bits per heavy atom. The first-order chi connectivity index (χ1) is 12.9. The molecular formula is C21H35N3O3. The first kappa shape index (κ1) is 20.6. The Hall–Kier alpha value is -1.18. The lowest BCUT2D eigenvalue weighted by Crippen LogP contribution is -2.47. The third-order valence-electron chi connectivity index (χ3n) is 5.34. The van der Waals surface area contributed by atoms with Crippen LogP contribution in [0.15, 0.2) is 24.3 Å². The standard InChI is InChI=1S/C21H35N3O3/c1-21(2)17-24(12-13-27-21)14-18-4-6-20(7-5-18)26-16-19(25)15-23-10-8-22(3)9-11-23/h4-7,19,25H,8-17H2,1-3H3. The van der Waals surface area contributed by atoms with Crippen molar-refractivity contribution in [3.05, 3.63) is 29.8 Å². The van der Waals surface area contributed by atoms with Crippen molar-refractivity contribution in [3.63, 3.8) is 0 Å². The van der Waals surface area contributed by atoms with Crippen LogP contribution in [-0.2, 0) is 11.3 Å². The van der Waals surface area contributed by atoms with Gasteiger partial charge in [0.05, 0.1) is 12.2 Å².